The number of fused-ring (bicyclic) bond motifs is 1. The van der Waals surface area contributed by atoms with E-state index in [0.717, 1.165) is 40.6 Å². The van der Waals surface area contributed by atoms with Crippen LogP contribution in [-0.2, 0) is 27.8 Å². The van der Waals surface area contributed by atoms with Crippen molar-refractivity contribution in [1.29, 1.82) is 0 Å². The van der Waals surface area contributed by atoms with E-state index in [-0.39, 0.29) is 6.54 Å². The number of nitrogens with one attached hydrogen (secondary N) is 1. The van der Waals surface area contributed by atoms with E-state index in [1.165, 1.54) is 11.3 Å². The second kappa shape index (κ2) is 5.54. The summed E-state index contributed by atoms with van der Waals surface area (Å²) in [6, 6.07) is -0.983. The normalized spacial score (nSPS) is 23.0. The number of aliphatic carboxylic acids is 1. The summed E-state index contributed by atoms with van der Waals surface area (Å²) in [5.41, 5.74) is 0.964. The van der Waals surface area contributed by atoms with Gasteiger partial charge in [-0.15, -0.1) is 11.3 Å². The second-order valence-corrected chi connectivity index (χ2v) is 8.02. The maximum Gasteiger partial charge on any atom is 0.322 e. The summed E-state index contributed by atoms with van der Waals surface area (Å²) in [5.74, 6) is -1.10. The number of aryl methyl sites for hydroxylation is 2. The van der Waals surface area contributed by atoms with Crippen LogP contribution >= 0.6 is 11.3 Å². The zero-order valence-corrected chi connectivity index (χ0v) is 13.0. The van der Waals surface area contributed by atoms with E-state index in [1.807, 2.05) is 0 Å². The monoisotopic (exact) mass is 331 g/mol. The van der Waals surface area contributed by atoms with Crippen LogP contribution in [0.5, 0.6) is 0 Å². The Hall–Kier alpha value is -1.19. The minimum absolute atomic E-state index is 0.234. The van der Waals surface area contributed by atoms with Crippen molar-refractivity contribution in [2.45, 2.75) is 44.6 Å². The fourth-order valence-corrected chi connectivity index (χ4v) is 5.51. The molecule has 0 radical (unpaired) electrons. The minimum Gasteiger partial charge on any atom is -0.480 e. The molecule has 3 rings (SSSR count). The number of piperidine rings is 1. The smallest absolute Gasteiger partial charge is 0.322 e. The maximum atomic E-state index is 12.4. The number of hydrogen-bond acceptors (Lipinski definition) is 5. The molecule has 21 heavy (non-hydrogen) atoms. The Balaban J connectivity index is 1.80. The molecule has 1 saturated heterocycles. The molecule has 0 saturated carbocycles. The molecule has 1 aromatic rings. The number of nitrogens with zero attached hydrogens (tertiary/aromatic N) is 2. The lowest BCUT2D eigenvalue weighted by atomic mass is 10.1. The summed E-state index contributed by atoms with van der Waals surface area (Å²) in [6.07, 6.45) is 4.65. The van der Waals surface area contributed by atoms with E-state index in [4.69, 9.17) is 0 Å². The van der Waals surface area contributed by atoms with E-state index in [2.05, 4.69) is 9.71 Å². The molecule has 9 heteroatoms. The van der Waals surface area contributed by atoms with Gasteiger partial charge in [-0.25, -0.2) is 9.71 Å². The highest BCUT2D eigenvalue weighted by atomic mass is 32.2. The molecule has 1 atom stereocenters. The van der Waals surface area contributed by atoms with Gasteiger partial charge in [0.15, 0.2) is 5.13 Å². The first-order chi connectivity index (χ1) is 9.97. The maximum absolute atomic E-state index is 12.4. The average molecular weight is 331 g/mol. The van der Waals surface area contributed by atoms with Crippen LogP contribution in [0.1, 0.15) is 36.3 Å². The van der Waals surface area contributed by atoms with E-state index in [0.29, 0.717) is 18.0 Å². The molecule has 1 fully saturated rings. The second-order valence-electron chi connectivity index (χ2n) is 5.31. The Morgan fingerprint density at radius 1 is 1.33 bits per heavy atom. The first-order valence-corrected chi connectivity index (χ1v) is 9.24. The third kappa shape index (κ3) is 2.90. The number of carbonyl (C=O) groups is 1. The van der Waals surface area contributed by atoms with E-state index in [9.17, 15) is 18.3 Å². The van der Waals surface area contributed by atoms with Gasteiger partial charge in [-0.3, -0.25) is 4.79 Å². The number of thiazole rings is 1. The Labute approximate surface area is 127 Å². The van der Waals surface area contributed by atoms with Gasteiger partial charge in [0.05, 0.1) is 5.69 Å². The molecule has 7 nitrogen and oxygen atoms in total. The summed E-state index contributed by atoms with van der Waals surface area (Å²) >= 11 is 1.35. The highest BCUT2D eigenvalue weighted by Crippen LogP contribution is 2.31. The van der Waals surface area contributed by atoms with Crippen molar-refractivity contribution in [2.75, 3.05) is 11.3 Å². The largest absolute Gasteiger partial charge is 0.480 e. The molecule has 116 valence electrons. The number of rotatable bonds is 4. The topological polar surface area (TPSA) is 99.6 Å². The molecular weight excluding hydrogens is 314 g/mol. The Kier molecular flexibility index (Phi) is 3.89. The van der Waals surface area contributed by atoms with Gasteiger partial charge in [-0.2, -0.15) is 12.7 Å². The number of carboxylic acids is 1. The summed E-state index contributed by atoms with van der Waals surface area (Å²) in [4.78, 5) is 16.7. The highest BCUT2D eigenvalue weighted by Gasteiger charge is 2.37. The van der Waals surface area contributed by atoms with Crippen LogP contribution in [0.4, 0.5) is 5.13 Å². The lowest BCUT2D eigenvalue weighted by Crippen LogP contribution is -2.49. The van der Waals surface area contributed by atoms with Gasteiger partial charge in [0.2, 0.25) is 0 Å². The lowest BCUT2D eigenvalue weighted by molar-refractivity contribution is -0.142. The van der Waals surface area contributed by atoms with Crippen LogP contribution in [-0.4, -0.2) is 41.4 Å². The molecule has 2 N–H and O–H groups in total. The molecule has 0 spiro atoms. The molecule has 2 aliphatic rings. The van der Waals surface area contributed by atoms with Gasteiger partial charge in [0, 0.05) is 11.4 Å². The van der Waals surface area contributed by atoms with Crippen LogP contribution < -0.4 is 4.72 Å². The number of anilines is 1. The first kappa shape index (κ1) is 14.7. The first-order valence-electron chi connectivity index (χ1n) is 6.98. The SMILES string of the molecule is O=C(O)C1CCCCN1S(=O)(=O)Nc1nc2c(s1)CCC2. The van der Waals surface area contributed by atoms with Gasteiger partial charge in [-0.1, -0.05) is 0 Å². The number of aromatic nitrogens is 1. The summed E-state index contributed by atoms with van der Waals surface area (Å²) in [5, 5.41) is 9.53. The fraction of sp³-hybridized carbons (Fsp3) is 0.667. The average Bonchev–Trinajstić information content (AvgIpc) is 2.99. The Morgan fingerprint density at radius 2 is 2.14 bits per heavy atom. The van der Waals surface area contributed by atoms with Crippen molar-refractivity contribution in [3.05, 3.63) is 10.6 Å². The summed E-state index contributed by atoms with van der Waals surface area (Å²) in [6.45, 7) is 0.234. The van der Waals surface area contributed by atoms with Crippen LogP contribution in [0.25, 0.3) is 0 Å². The molecule has 0 aromatic carbocycles. The van der Waals surface area contributed by atoms with E-state index in [1.54, 1.807) is 0 Å². The van der Waals surface area contributed by atoms with Crippen molar-refractivity contribution in [3.63, 3.8) is 0 Å². The van der Waals surface area contributed by atoms with Gasteiger partial charge in [-0.05, 0) is 38.5 Å². The fourth-order valence-electron chi connectivity index (χ4n) is 2.84. The van der Waals surface area contributed by atoms with Crippen molar-refractivity contribution >= 4 is 32.6 Å². The molecule has 1 aromatic heterocycles. The molecular formula is C12H17N3O4S2. The predicted octanol–water partition coefficient (Wildman–Crippen LogP) is 1.23. The lowest BCUT2D eigenvalue weighted by Gasteiger charge is -2.31. The Bertz CT molecular complexity index is 634. The van der Waals surface area contributed by atoms with Gasteiger partial charge in [0.25, 0.3) is 0 Å². The molecule has 1 aliphatic carbocycles. The van der Waals surface area contributed by atoms with Crippen LogP contribution in [0, 0.1) is 0 Å². The van der Waals surface area contributed by atoms with Gasteiger partial charge < -0.3 is 5.11 Å². The highest BCUT2D eigenvalue weighted by molar-refractivity contribution is 7.90. The number of hydrogen-bond donors (Lipinski definition) is 2. The van der Waals surface area contributed by atoms with E-state index < -0.39 is 22.2 Å². The van der Waals surface area contributed by atoms with Crippen molar-refractivity contribution in [3.8, 4) is 0 Å². The molecule has 0 bridgehead atoms. The standard InChI is InChI=1S/C12H17N3O4S2/c16-11(17)9-5-1-2-7-15(9)21(18,19)14-12-13-8-4-3-6-10(8)20-12/h9H,1-7H2,(H,13,14)(H,16,17). The quantitative estimate of drug-likeness (QED) is 0.864. The summed E-state index contributed by atoms with van der Waals surface area (Å²) < 4.78 is 28.3. The third-order valence-corrected chi connectivity index (χ3v) is 6.57. The Morgan fingerprint density at radius 3 is 2.86 bits per heavy atom. The molecule has 0 amide bonds. The zero-order valence-electron chi connectivity index (χ0n) is 11.4. The van der Waals surface area contributed by atoms with Crippen molar-refractivity contribution < 1.29 is 18.3 Å². The van der Waals surface area contributed by atoms with Gasteiger partial charge >= 0.3 is 16.2 Å². The van der Waals surface area contributed by atoms with Crippen molar-refractivity contribution in [1.82, 2.24) is 9.29 Å². The predicted molar refractivity (Wildman–Crippen MR) is 78.7 cm³/mol. The molecule has 1 aliphatic heterocycles. The van der Waals surface area contributed by atoms with Gasteiger partial charge in [0.1, 0.15) is 6.04 Å². The van der Waals surface area contributed by atoms with Crippen LogP contribution in [0.15, 0.2) is 0 Å². The third-order valence-electron chi connectivity index (χ3n) is 3.86. The zero-order chi connectivity index (χ0) is 15.0. The van der Waals surface area contributed by atoms with Crippen molar-refractivity contribution in [2.24, 2.45) is 0 Å². The molecule has 2 heterocycles. The van der Waals surface area contributed by atoms with E-state index >= 15 is 0 Å². The molecule has 1 unspecified atom stereocenters. The van der Waals surface area contributed by atoms with Crippen LogP contribution in [0.2, 0.25) is 0 Å². The summed E-state index contributed by atoms with van der Waals surface area (Å²) in [7, 11) is -3.87. The number of carboxylic acid groups (broad SMARTS) is 1. The minimum atomic E-state index is -3.87. The van der Waals surface area contributed by atoms with Crippen LogP contribution in [0.3, 0.4) is 0 Å².